The molecule has 2 heteroatoms. The van der Waals surface area contributed by atoms with E-state index in [9.17, 15) is 0 Å². The number of rotatable bonds is 7. The van der Waals surface area contributed by atoms with Crippen LogP contribution in [0.4, 0.5) is 0 Å². The lowest BCUT2D eigenvalue weighted by Gasteiger charge is -2.29. The van der Waals surface area contributed by atoms with Crippen LogP contribution in [0.25, 0.3) is 0 Å². The molecule has 1 fully saturated rings. The van der Waals surface area contributed by atoms with Crippen LogP contribution in [-0.4, -0.2) is 36.6 Å². The van der Waals surface area contributed by atoms with Crippen molar-refractivity contribution in [2.24, 2.45) is 0 Å². The topological polar surface area (TPSA) is 15.3 Å². The summed E-state index contributed by atoms with van der Waals surface area (Å²) >= 11 is 0. The molecular weight excluding hydrogens is 184 g/mol. The average molecular weight is 210 g/mol. The first-order valence-corrected chi connectivity index (χ1v) is 6.38. The fourth-order valence-corrected chi connectivity index (χ4v) is 2.17. The van der Waals surface area contributed by atoms with E-state index < -0.39 is 0 Å². The normalized spacial score (nSPS) is 23.3. The molecule has 1 N–H and O–H groups in total. The van der Waals surface area contributed by atoms with Gasteiger partial charge in [0.1, 0.15) is 0 Å². The van der Waals surface area contributed by atoms with Gasteiger partial charge in [-0.25, -0.2) is 0 Å². The van der Waals surface area contributed by atoms with Crippen molar-refractivity contribution >= 4 is 0 Å². The Morgan fingerprint density at radius 2 is 2.40 bits per heavy atom. The van der Waals surface area contributed by atoms with Crippen LogP contribution in [0.1, 0.15) is 39.5 Å². The second-order valence-electron chi connectivity index (χ2n) is 4.62. The van der Waals surface area contributed by atoms with Crippen molar-refractivity contribution in [2.75, 3.05) is 19.6 Å². The summed E-state index contributed by atoms with van der Waals surface area (Å²) in [5, 5.41) is 3.57. The van der Waals surface area contributed by atoms with Crippen molar-refractivity contribution in [1.82, 2.24) is 10.2 Å². The number of hydrogen-bond donors (Lipinski definition) is 1. The Bertz CT molecular complexity index is 173. The van der Waals surface area contributed by atoms with Crippen molar-refractivity contribution in [1.29, 1.82) is 0 Å². The van der Waals surface area contributed by atoms with Crippen molar-refractivity contribution in [3.8, 4) is 0 Å². The summed E-state index contributed by atoms with van der Waals surface area (Å²) < 4.78 is 0. The first-order chi connectivity index (χ1) is 7.27. The molecule has 2 atom stereocenters. The van der Waals surface area contributed by atoms with Crippen LogP contribution in [0.5, 0.6) is 0 Å². The quantitative estimate of drug-likeness (QED) is 0.649. The molecule has 15 heavy (non-hydrogen) atoms. The lowest BCUT2D eigenvalue weighted by Crippen LogP contribution is -2.42. The van der Waals surface area contributed by atoms with Gasteiger partial charge in [-0.3, -0.25) is 4.90 Å². The third-order valence-electron chi connectivity index (χ3n) is 3.33. The van der Waals surface area contributed by atoms with Crippen LogP contribution < -0.4 is 5.32 Å². The smallest absolute Gasteiger partial charge is 0.0247 e. The lowest BCUT2D eigenvalue weighted by molar-refractivity contribution is 0.217. The van der Waals surface area contributed by atoms with Crippen LogP contribution in [0.15, 0.2) is 12.7 Å². The maximum Gasteiger partial charge on any atom is 0.0247 e. The van der Waals surface area contributed by atoms with Gasteiger partial charge in [0.2, 0.25) is 0 Å². The van der Waals surface area contributed by atoms with Crippen LogP contribution in [0, 0.1) is 0 Å². The molecule has 0 aliphatic carbocycles. The molecule has 0 amide bonds. The highest BCUT2D eigenvalue weighted by Gasteiger charge is 2.19. The minimum absolute atomic E-state index is 0.513. The van der Waals surface area contributed by atoms with E-state index >= 15 is 0 Å². The van der Waals surface area contributed by atoms with Gasteiger partial charge < -0.3 is 5.32 Å². The van der Waals surface area contributed by atoms with Gasteiger partial charge in [-0.15, -0.1) is 6.58 Å². The third-order valence-corrected chi connectivity index (χ3v) is 3.33. The Morgan fingerprint density at radius 3 is 2.93 bits per heavy atom. The minimum Gasteiger partial charge on any atom is -0.313 e. The van der Waals surface area contributed by atoms with E-state index in [4.69, 9.17) is 0 Å². The lowest BCUT2D eigenvalue weighted by atomic mass is 10.1. The first-order valence-electron chi connectivity index (χ1n) is 6.38. The molecule has 1 aliphatic heterocycles. The molecule has 0 aromatic carbocycles. The van der Waals surface area contributed by atoms with Crippen molar-refractivity contribution < 1.29 is 0 Å². The number of unbranched alkanes of at least 4 members (excludes halogenated alkanes) is 1. The van der Waals surface area contributed by atoms with Gasteiger partial charge in [-0.2, -0.15) is 0 Å². The second-order valence-corrected chi connectivity index (χ2v) is 4.62. The zero-order valence-corrected chi connectivity index (χ0v) is 10.3. The fraction of sp³-hybridized carbons (Fsp3) is 0.846. The molecule has 1 rings (SSSR count). The molecule has 1 saturated heterocycles. The van der Waals surface area contributed by atoms with E-state index in [0.717, 1.165) is 0 Å². The van der Waals surface area contributed by atoms with Crippen molar-refractivity contribution in [3.63, 3.8) is 0 Å². The standard InChI is InChI=1S/C13H26N2/c1-4-6-10-15(12(3)5-2)11-13-8-7-9-14-13/h5,12-14H,2,4,6-11H2,1,3H3. The molecular formula is C13H26N2. The molecule has 0 aromatic heterocycles. The zero-order valence-electron chi connectivity index (χ0n) is 10.3. The summed E-state index contributed by atoms with van der Waals surface area (Å²) in [6, 6.07) is 1.23. The summed E-state index contributed by atoms with van der Waals surface area (Å²) in [4.78, 5) is 2.56. The van der Waals surface area contributed by atoms with Crippen LogP contribution in [0.3, 0.4) is 0 Å². The Kier molecular flexibility index (Phi) is 5.96. The summed E-state index contributed by atoms with van der Waals surface area (Å²) in [5.74, 6) is 0. The highest BCUT2D eigenvalue weighted by atomic mass is 15.2. The summed E-state index contributed by atoms with van der Waals surface area (Å²) in [6.07, 6.45) is 7.31. The third kappa shape index (κ3) is 4.35. The van der Waals surface area contributed by atoms with Gasteiger partial charge in [0, 0.05) is 18.6 Å². The molecule has 0 aromatic rings. The molecule has 0 bridgehead atoms. The van der Waals surface area contributed by atoms with Crippen LogP contribution >= 0.6 is 0 Å². The summed E-state index contributed by atoms with van der Waals surface area (Å²) in [5.41, 5.74) is 0. The van der Waals surface area contributed by atoms with Crippen LogP contribution in [-0.2, 0) is 0 Å². The molecule has 2 nitrogen and oxygen atoms in total. The predicted molar refractivity (Wildman–Crippen MR) is 67.2 cm³/mol. The maximum atomic E-state index is 3.90. The fourth-order valence-electron chi connectivity index (χ4n) is 2.17. The van der Waals surface area contributed by atoms with Gasteiger partial charge in [-0.05, 0) is 39.3 Å². The van der Waals surface area contributed by atoms with Gasteiger partial charge in [0.05, 0.1) is 0 Å². The maximum absolute atomic E-state index is 3.90. The average Bonchev–Trinajstić information content (AvgIpc) is 2.75. The first kappa shape index (κ1) is 12.7. The SMILES string of the molecule is C=CC(C)N(CCCC)CC1CCCN1. The number of nitrogens with zero attached hydrogens (tertiary/aromatic N) is 1. The van der Waals surface area contributed by atoms with E-state index in [-0.39, 0.29) is 0 Å². The molecule has 1 aliphatic rings. The van der Waals surface area contributed by atoms with E-state index in [1.165, 1.54) is 45.3 Å². The molecule has 88 valence electrons. The summed E-state index contributed by atoms with van der Waals surface area (Å²) in [7, 11) is 0. The van der Waals surface area contributed by atoms with Gasteiger partial charge in [0.15, 0.2) is 0 Å². The second kappa shape index (κ2) is 7.02. The Labute approximate surface area is 94.7 Å². The molecule has 0 saturated carbocycles. The van der Waals surface area contributed by atoms with Gasteiger partial charge in [-0.1, -0.05) is 19.4 Å². The molecule has 1 heterocycles. The Morgan fingerprint density at radius 1 is 1.60 bits per heavy atom. The van der Waals surface area contributed by atoms with Crippen molar-refractivity contribution in [3.05, 3.63) is 12.7 Å². The number of nitrogens with one attached hydrogen (secondary N) is 1. The van der Waals surface area contributed by atoms with E-state index in [1.54, 1.807) is 0 Å². The zero-order chi connectivity index (χ0) is 11.1. The van der Waals surface area contributed by atoms with Gasteiger partial charge in [0.25, 0.3) is 0 Å². The largest absolute Gasteiger partial charge is 0.313 e. The number of hydrogen-bond acceptors (Lipinski definition) is 2. The molecule has 0 radical (unpaired) electrons. The molecule has 2 unspecified atom stereocenters. The summed E-state index contributed by atoms with van der Waals surface area (Å²) in [6.45, 7) is 12.0. The Balaban J connectivity index is 2.35. The van der Waals surface area contributed by atoms with Gasteiger partial charge >= 0.3 is 0 Å². The molecule has 0 spiro atoms. The monoisotopic (exact) mass is 210 g/mol. The minimum atomic E-state index is 0.513. The van der Waals surface area contributed by atoms with Crippen LogP contribution in [0.2, 0.25) is 0 Å². The predicted octanol–water partition coefficient (Wildman–Crippen LogP) is 2.42. The van der Waals surface area contributed by atoms with E-state index in [2.05, 4.69) is 36.7 Å². The van der Waals surface area contributed by atoms with Crippen molar-refractivity contribution in [2.45, 2.75) is 51.6 Å². The van der Waals surface area contributed by atoms with E-state index in [0.29, 0.717) is 12.1 Å². The highest BCUT2D eigenvalue weighted by Crippen LogP contribution is 2.10. The Hall–Kier alpha value is -0.340. The van der Waals surface area contributed by atoms with E-state index in [1.807, 2.05) is 0 Å². The highest BCUT2D eigenvalue weighted by molar-refractivity contribution is 4.87.